The van der Waals surface area contributed by atoms with Crippen molar-refractivity contribution in [1.82, 2.24) is 4.98 Å². The molecule has 10 heteroatoms. The van der Waals surface area contributed by atoms with E-state index in [1.54, 1.807) is 31.4 Å². The van der Waals surface area contributed by atoms with Gasteiger partial charge in [0.05, 0.1) is 12.8 Å². The molecule has 0 spiro atoms. The molecule has 0 atom stereocenters. The number of rotatable bonds is 6. The van der Waals surface area contributed by atoms with Crippen molar-refractivity contribution >= 4 is 44.7 Å². The number of thiazole rings is 1. The van der Waals surface area contributed by atoms with Gasteiger partial charge in [-0.25, -0.2) is 9.37 Å². The van der Waals surface area contributed by atoms with Gasteiger partial charge in [-0.15, -0.1) is 0 Å². The Morgan fingerprint density at radius 2 is 1.89 bits per heavy atom. The fourth-order valence-electron chi connectivity index (χ4n) is 2.28. The van der Waals surface area contributed by atoms with E-state index in [4.69, 9.17) is 16.2 Å². The van der Waals surface area contributed by atoms with Gasteiger partial charge in [0.15, 0.2) is 10.8 Å². The number of anilines is 4. The van der Waals surface area contributed by atoms with E-state index in [2.05, 4.69) is 15.6 Å². The third kappa shape index (κ3) is 4.18. The number of hydrogen-bond acceptors (Lipinski definition) is 7. The first-order chi connectivity index (χ1) is 13.4. The molecule has 2 aromatic carbocycles. The molecule has 0 unspecified atom stereocenters. The predicted octanol–water partition coefficient (Wildman–Crippen LogP) is 2.97. The first-order valence-corrected chi connectivity index (χ1v) is 8.77. The van der Waals surface area contributed by atoms with E-state index in [-0.39, 0.29) is 21.9 Å². The number of carbonyl (C=O) groups excluding carboxylic acids is 2. The molecule has 0 aliphatic heterocycles. The van der Waals surface area contributed by atoms with Crippen LogP contribution in [-0.2, 0) is 0 Å². The molecule has 28 heavy (non-hydrogen) atoms. The second kappa shape index (κ2) is 7.92. The van der Waals surface area contributed by atoms with Gasteiger partial charge in [-0.2, -0.15) is 0 Å². The third-order valence-electron chi connectivity index (χ3n) is 3.69. The zero-order chi connectivity index (χ0) is 20.3. The van der Waals surface area contributed by atoms with Gasteiger partial charge in [-0.1, -0.05) is 11.3 Å². The molecule has 3 aromatic rings. The minimum Gasteiger partial charge on any atom is -0.497 e. The molecule has 144 valence electrons. The zero-order valence-electron chi connectivity index (χ0n) is 14.7. The zero-order valence-corrected chi connectivity index (χ0v) is 15.5. The highest BCUT2D eigenvalue weighted by Crippen LogP contribution is 2.31. The van der Waals surface area contributed by atoms with Crippen LogP contribution in [0.1, 0.15) is 20.8 Å². The number of amides is 2. The molecule has 0 bridgehead atoms. The topological polar surface area (TPSA) is 132 Å². The lowest BCUT2D eigenvalue weighted by Gasteiger charge is -2.05. The van der Waals surface area contributed by atoms with Crippen molar-refractivity contribution in [3.05, 3.63) is 59.5 Å². The van der Waals surface area contributed by atoms with Gasteiger partial charge >= 0.3 is 0 Å². The number of nitrogens with one attached hydrogen (secondary N) is 2. The summed E-state index contributed by atoms with van der Waals surface area (Å²) in [7, 11) is 1.56. The third-order valence-corrected chi connectivity index (χ3v) is 4.57. The van der Waals surface area contributed by atoms with Gasteiger partial charge < -0.3 is 26.8 Å². The van der Waals surface area contributed by atoms with Gasteiger partial charge in [0.25, 0.3) is 11.8 Å². The summed E-state index contributed by atoms with van der Waals surface area (Å²) in [5.41, 5.74) is 11.4. The standard InChI is InChI=1S/C18H16FN5O3S/c1-27-11-5-3-10(4-6-11)22-18-23-14(15(21)25)17(28-18)24-16(26)9-2-7-12(19)13(20)8-9/h2-8H,20H2,1H3,(H2,21,25)(H,22,23)(H,24,26). The normalized spacial score (nSPS) is 10.4. The lowest BCUT2D eigenvalue weighted by atomic mass is 10.2. The van der Waals surface area contributed by atoms with Gasteiger partial charge in [0.2, 0.25) is 0 Å². The SMILES string of the molecule is COc1ccc(Nc2nc(C(N)=O)c(NC(=O)c3ccc(F)c(N)c3)s2)cc1. The fraction of sp³-hybridized carbons (Fsp3) is 0.0556. The number of nitrogens with zero attached hydrogens (tertiary/aromatic N) is 1. The predicted molar refractivity (Wildman–Crippen MR) is 106 cm³/mol. The highest BCUT2D eigenvalue weighted by molar-refractivity contribution is 7.20. The van der Waals surface area contributed by atoms with Crippen LogP contribution in [-0.4, -0.2) is 23.9 Å². The van der Waals surface area contributed by atoms with E-state index < -0.39 is 17.6 Å². The molecule has 0 fully saturated rings. The second-order valence-electron chi connectivity index (χ2n) is 5.60. The van der Waals surface area contributed by atoms with Crippen molar-refractivity contribution in [3.8, 4) is 5.75 Å². The summed E-state index contributed by atoms with van der Waals surface area (Å²) in [5.74, 6) is -1.31. The number of hydrogen-bond donors (Lipinski definition) is 4. The Labute approximate surface area is 163 Å². The van der Waals surface area contributed by atoms with Crippen LogP contribution < -0.4 is 26.8 Å². The molecule has 0 aliphatic rings. The Hall–Kier alpha value is -3.66. The van der Waals surface area contributed by atoms with Crippen molar-refractivity contribution in [2.75, 3.05) is 23.5 Å². The summed E-state index contributed by atoms with van der Waals surface area (Å²) < 4.78 is 18.4. The monoisotopic (exact) mass is 401 g/mol. The summed E-state index contributed by atoms with van der Waals surface area (Å²) in [5, 5.41) is 6.10. The Morgan fingerprint density at radius 3 is 2.50 bits per heavy atom. The number of carbonyl (C=O) groups is 2. The maximum atomic E-state index is 13.3. The number of ether oxygens (including phenoxy) is 1. The molecule has 0 radical (unpaired) electrons. The largest absolute Gasteiger partial charge is 0.497 e. The number of methoxy groups -OCH3 is 1. The average molecular weight is 401 g/mol. The van der Waals surface area contributed by atoms with Crippen molar-refractivity contribution in [3.63, 3.8) is 0 Å². The molecule has 1 heterocycles. The molecule has 0 saturated heterocycles. The highest BCUT2D eigenvalue weighted by Gasteiger charge is 2.19. The lowest BCUT2D eigenvalue weighted by Crippen LogP contribution is -2.17. The first kappa shape index (κ1) is 19.1. The smallest absolute Gasteiger partial charge is 0.270 e. The molecule has 0 aliphatic carbocycles. The number of benzene rings is 2. The number of halogens is 1. The van der Waals surface area contributed by atoms with E-state index in [1.807, 2.05) is 0 Å². The van der Waals surface area contributed by atoms with Crippen LogP contribution in [0.5, 0.6) is 5.75 Å². The van der Waals surface area contributed by atoms with Crippen LogP contribution in [0.3, 0.4) is 0 Å². The van der Waals surface area contributed by atoms with Crippen LogP contribution >= 0.6 is 11.3 Å². The Morgan fingerprint density at radius 1 is 1.18 bits per heavy atom. The van der Waals surface area contributed by atoms with Crippen LogP contribution in [0, 0.1) is 5.82 Å². The number of primary amides is 1. The van der Waals surface area contributed by atoms with E-state index in [1.165, 1.54) is 12.1 Å². The lowest BCUT2D eigenvalue weighted by molar-refractivity contribution is 0.0997. The molecular formula is C18H16FN5O3S. The summed E-state index contributed by atoms with van der Waals surface area (Å²) in [6.45, 7) is 0. The Balaban J connectivity index is 1.82. The minimum absolute atomic E-state index is 0.0931. The van der Waals surface area contributed by atoms with E-state index in [0.717, 1.165) is 17.4 Å². The summed E-state index contributed by atoms with van der Waals surface area (Å²) in [6.07, 6.45) is 0. The molecule has 0 saturated carbocycles. The van der Waals surface area contributed by atoms with Gasteiger partial charge in [0.1, 0.15) is 16.6 Å². The van der Waals surface area contributed by atoms with Crippen molar-refractivity contribution in [2.24, 2.45) is 5.73 Å². The van der Waals surface area contributed by atoms with Crippen molar-refractivity contribution in [2.45, 2.75) is 0 Å². The van der Waals surface area contributed by atoms with Crippen LogP contribution in [0.15, 0.2) is 42.5 Å². The Kier molecular flexibility index (Phi) is 5.41. The maximum Gasteiger partial charge on any atom is 0.270 e. The van der Waals surface area contributed by atoms with E-state index >= 15 is 0 Å². The number of nitrogens with two attached hydrogens (primary N) is 2. The highest BCUT2D eigenvalue weighted by atomic mass is 32.1. The maximum absolute atomic E-state index is 13.3. The van der Waals surface area contributed by atoms with Crippen LogP contribution in [0.4, 0.5) is 25.9 Å². The second-order valence-corrected chi connectivity index (χ2v) is 6.60. The van der Waals surface area contributed by atoms with Crippen molar-refractivity contribution < 1.29 is 18.7 Å². The van der Waals surface area contributed by atoms with Crippen molar-refractivity contribution in [1.29, 1.82) is 0 Å². The quantitative estimate of drug-likeness (QED) is 0.470. The number of nitrogen functional groups attached to an aromatic ring is 1. The summed E-state index contributed by atoms with van der Waals surface area (Å²) in [4.78, 5) is 28.2. The molecule has 3 rings (SSSR count). The number of aromatic nitrogens is 1. The van der Waals surface area contributed by atoms with Gasteiger partial charge in [0, 0.05) is 11.3 Å². The molecule has 8 nitrogen and oxygen atoms in total. The van der Waals surface area contributed by atoms with Crippen LogP contribution in [0.25, 0.3) is 0 Å². The average Bonchev–Trinajstić information content (AvgIpc) is 3.07. The van der Waals surface area contributed by atoms with Crippen LogP contribution in [0.2, 0.25) is 0 Å². The summed E-state index contributed by atoms with van der Waals surface area (Å²) in [6, 6.07) is 10.6. The van der Waals surface area contributed by atoms with E-state index in [9.17, 15) is 14.0 Å². The molecule has 6 N–H and O–H groups in total. The van der Waals surface area contributed by atoms with E-state index in [0.29, 0.717) is 16.6 Å². The molecular weight excluding hydrogens is 385 g/mol. The molecule has 1 aromatic heterocycles. The fourth-order valence-corrected chi connectivity index (χ4v) is 3.17. The molecule has 2 amide bonds. The summed E-state index contributed by atoms with van der Waals surface area (Å²) >= 11 is 1.03. The minimum atomic E-state index is -0.798. The Bertz CT molecular complexity index is 1040. The van der Waals surface area contributed by atoms with Gasteiger partial charge in [-0.05, 0) is 42.5 Å². The van der Waals surface area contributed by atoms with Gasteiger partial charge in [-0.3, -0.25) is 9.59 Å². The first-order valence-electron chi connectivity index (χ1n) is 7.95.